The number of nitrogens with one attached hydrogen (secondary N) is 1. The van der Waals surface area contributed by atoms with Crippen molar-refractivity contribution < 1.29 is 28.7 Å². The van der Waals surface area contributed by atoms with E-state index in [1.807, 2.05) is 30.5 Å². The van der Waals surface area contributed by atoms with Gasteiger partial charge < -0.3 is 18.9 Å². The van der Waals surface area contributed by atoms with E-state index in [4.69, 9.17) is 9.47 Å². The van der Waals surface area contributed by atoms with E-state index in [0.717, 1.165) is 83.2 Å². The summed E-state index contributed by atoms with van der Waals surface area (Å²) in [5, 5.41) is 3.67. The minimum absolute atomic E-state index is 0.104. The Morgan fingerprint density at radius 1 is 0.885 bits per heavy atom. The summed E-state index contributed by atoms with van der Waals surface area (Å²) < 4.78 is 13.4. The van der Waals surface area contributed by atoms with Gasteiger partial charge in [0, 0.05) is 68.4 Å². The predicted molar refractivity (Wildman–Crippen MR) is 192 cm³/mol. The molecule has 1 unspecified atom stereocenters. The monoisotopic (exact) mass is 704 g/mol. The molecule has 0 saturated carbocycles. The van der Waals surface area contributed by atoms with Crippen LogP contribution >= 0.6 is 0 Å². The molecule has 1 N–H and O–H groups in total. The highest BCUT2D eigenvalue weighted by atomic mass is 16.5. The molecule has 2 aromatic carbocycles. The Balaban J connectivity index is 0.938. The van der Waals surface area contributed by atoms with Crippen molar-refractivity contribution >= 4 is 40.1 Å². The van der Waals surface area contributed by atoms with Crippen LogP contribution in [0.2, 0.25) is 0 Å². The second-order valence-corrected chi connectivity index (χ2v) is 14.4. The SMILES string of the molecule is COc1cc(-c2cn(C)c(=O)c3cnccc23)cc(OC)c1CN1CCC2(CC1)CN(c1ccc3c(c1)C(=O)N(C1CCCC(=O)NC1=O)C3=O)C2. The number of methoxy groups -OCH3 is 2. The number of rotatable bonds is 7. The largest absolute Gasteiger partial charge is 0.496 e. The fourth-order valence-corrected chi connectivity index (χ4v) is 8.35. The average Bonchev–Trinajstić information content (AvgIpc) is 3.26. The van der Waals surface area contributed by atoms with Gasteiger partial charge in [0.15, 0.2) is 0 Å². The van der Waals surface area contributed by atoms with E-state index >= 15 is 0 Å². The van der Waals surface area contributed by atoms with Crippen molar-refractivity contribution in [2.75, 3.05) is 45.3 Å². The lowest BCUT2D eigenvalue weighted by Crippen LogP contribution is -2.60. The van der Waals surface area contributed by atoms with Crippen molar-refractivity contribution in [3.05, 3.63) is 82.0 Å². The first kappa shape index (κ1) is 33.6. The van der Waals surface area contributed by atoms with Crippen molar-refractivity contribution in [1.82, 2.24) is 24.7 Å². The van der Waals surface area contributed by atoms with E-state index in [9.17, 15) is 24.0 Å². The van der Waals surface area contributed by atoms with Crippen LogP contribution in [0, 0.1) is 5.41 Å². The molecule has 13 heteroatoms. The normalized spacial score (nSPS) is 20.2. The summed E-state index contributed by atoms with van der Waals surface area (Å²) in [5.74, 6) is -0.527. The second-order valence-electron chi connectivity index (χ2n) is 14.4. The minimum atomic E-state index is -0.990. The van der Waals surface area contributed by atoms with E-state index in [0.29, 0.717) is 29.5 Å². The molecule has 52 heavy (non-hydrogen) atoms. The molecule has 4 aromatic rings. The molecule has 4 aliphatic heterocycles. The molecule has 0 bridgehead atoms. The van der Waals surface area contributed by atoms with Gasteiger partial charge in [0.05, 0.1) is 36.3 Å². The zero-order chi connectivity index (χ0) is 36.3. The number of benzene rings is 2. The van der Waals surface area contributed by atoms with Crippen LogP contribution in [-0.2, 0) is 23.2 Å². The van der Waals surface area contributed by atoms with Gasteiger partial charge in [-0.25, -0.2) is 0 Å². The van der Waals surface area contributed by atoms with Gasteiger partial charge in [0.1, 0.15) is 17.5 Å². The summed E-state index contributed by atoms with van der Waals surface area (Å²) in [6, 6.07) is 10.2. The number of aromatic nitrogens is 2. The van der Waals surface area contributed by atoms with Crippen LogP contribution in [0.25, 0.3) is 21.9 Å². The quantitative estimate of drug-likeness (QED) is 0.284. The van der Waals surface area contributed by atoms with E-state index in [1.54, 1.807) is 50.4 Å². The number of piperidine rings is 1. The van der Waals surface area contributed by atoms with Crippen LogP contribution in [0.5, 0.6) is 11.5 Å². The molecular weight excluding hydrogens is 664 g/mol. The third kappa shape index (κ3) is 5.59. The Bertz CT molecular complexity index is 2190. The Labute approximate surface area is 300 Å². The minimum Gasteiger partial charge on any atom is -0.496 e. The Hall–Kier alpha value is -5.56. The Morgan fingerprint density at radius 3 is 2.31 bits per heavy atom. The van der Waals surface area contributed by atoms with E-state index in [-0.39, 0.29) is 29.7 Å². The number of imide groups is 2. The van der Waals surface area contributed by atoms with Gasteiger partial charge in [0.2, 0.25) is 11.8 Å². The molecule has 3 fully saturated rings. The molecular formula is C39H40N6O7. The number of nitrogens with zero attached hydrogens (tertiary/aromatic N) is 5. The van der Waals surface area contributed by atoms with Crippen molar-refractivity contribution in [2.24, 2.45) is 12.5 Å². The summed E-state index contributed by atoms with van der Waals surface area (Å²) >= 11 is 0. The maximum atomic E-state index is 13.5. The van der Waals surface area contributed by atoms with Crippen LogP contribution in [0.4, 0.5) is 5.69 Å². The van der Waals surface area contributed by atoms with Crippen molar-refractivity contribution in [3.63, 3.8) is 0 Å². The van der Waals surface area contributed by atoms with Crippen LogP contribution in [0.1, 0.15) is 58.4 Å². The molecule has 1 atom stereocenters. The summed E-state index contributed by atoms with van der Waals surface area (Å²) in [7, 11) is 5.06. The van der Waals surface area contributed by atoms with Gasteiger partial charge in [-0.3, -0.25) is 44.1 Å². The van der Waals surface area contributed by atoms with E-state index in [2.05, 4.69) is 20.1 Å². The summed E-state index contributed by atoms with van der Waals surface area (Å²) in [5.41, 5.74) is 4.27. The molecule has 4 amide bonds. The number of likely N-dealkylation sites (tertiary alicyclic amines) is 1. The van der Waals surface area contributed by atoms with E-state index < -0.39 is 23.8 Å². The smallest absolute Gasteiger partial charge is 0.262 e. The van der Waals surface area contributed by atoms with Gasteiger partial charge >= 0.3 is 0 Å². The maximum absolute atomic E-state index is 13.5. The highest BCUT2D eigenvalue weighted by Crippen LogP contribution is 2.45. The van der Waals surface area contributed by atoms with E-state index in [1.165, 1.54) is 0 Å². The number of anilines is 1. The van der Waals surface area contributed by atoms with Gasteiger partial charge in [-0.05, 0) is 86.1 Å². The lowest BCUT2D eigenvalue weighted by atomic mass is 9.71. The summed E-state index contributed by atoms with van der Waals surface area (Å²) in [6.45, 7) is 4.16. The first-order chi connectivity index (χ1) is 25.1. The number of carbonyl (C=O) groups excluding carboxylic acids is 4. The van der Waals surface area contributed by atoms with Crippen LogP contribution < -0.4 is 25.2 Å². The van der Waals surface area contributed by atoms with Gasteiger partial charge in [-0.2, -0.15) is 0 Å². The third-order valence-corrected chi connectivity index (χ3v) is 11.3. The standard InChI is InChI=1S/C39H40N6O7/c1-42-19-29(25-9-12-40-18-28(25)36(42)48)23-15-32(51-2)30(33(16-23)52-3)20-43-13-10-39(11-14-43)21-44(22-39)24-7-8-26-27(17-24)38(50)45(37(26)49)31-5-4-6-34(46)41-35(31)47/h7-9,12,15-19,31H,4-6,10-11,13-14,20-22H2,1-3H3,(H,41,46,47). The zero-order valence-electron chi connectivity index (χ0n) is 29.4. The molecule has 0 radical (unpaired) electrons. The Morgan fingerprint density at radius 2 is 1.60 bits per heavy atom. The molecule has 0 aliphatic carbocycles. The van der Waals surface area contributed by atoms with Crippen molar-refractivity contribution in [3.8, 4) is 22.6 Å². The molecule has 6 heterocycles. The molecule has 4 aliphatic rings. The van der Waals surface area contributed by atoms with Crippen LogP contribution in [0.3, 0.4) is 0 Å². The highest BCUT2D eigenvalue weighted by molar-refractivity contribution is 6.23. The highest BCUT2D eigenvalue weighted by Gasteiger charge is 2.47. The first-order valence-electron chi connectivity index (χ1n) is 17.6. The number of fused-ring (bicyclic) bond motifs is 2. The lowest BCUT2D eigenvalue weighted by molar-refractivity contribution is -0.131. The third-order valence-electron chi connectivity index (χ3n) is 11.3. The molecule has 1 spiro atoms. The topological polar surface area (TPSA) is 143 Å². The zero-order valence-corrected chi connectivity index (χ0v) is 29.4. The van der Waals surface area contributed by atoms with Crippen molar-refractivity contribution in [1.29, 1.82) is 0 Å². The van der Waals surface area contributed by atoms with Crippen LogP contribution in [0.15, 0.2) is 59.8 Å². The number of aryl methyl sites for hydroxylation is 1. The number of pyridine rings is 2. The first-order valence-corrected chi connectivity index (χ1v) is 17.6. The van der Waals surface area contributed by atoms with Crippen molar-refractivity contribution in [2.45, 2.75) is 44.7 Å². The molecule has 268 valence electrons. The number of amides is 4. The lowest BCUT2D eigenvalue weighted by Gasteiger charge is -2.55. The maximum Gasteiger partial charge on any atom is 0.262 e. The van der Waals surface area contributed by atoms with Gasteiger partial charge in [0.25, 0.3) is 17.4 Å². The average molecular weight is 705 g/mol. The fourth-order valence-electron chi connectivity index (χ4n) is 8.35. The number of hydrogen-bond acceptors (Lipinski definition) is 10. The van der Waals surface area contributed by atoms with Crippen LogP contribution in [-0.4, -0.2) is 89.4 Å². The molecule has 8 rings (SSSR count). The summed E-state index contributed by atoms with van der Waals surface area (Å²) in [4.78, 5) is 73.8. The Kier molecular flexibility index (Phi) is 8.32. The van der Waals surface area contributed by atoms with Gasteiger partial charge in [-0.1, -0.05) is 0 Å². The molecule has 3 saturated heterocycles. The second kappa shape index (κ2) is 12.9. The summed E-state index contributed by atoms with van der Waals surface area (Å²) in [6.07, 6.45) is 8.02. The molecule has 13 nitrogen and oxygen atoms in total. The predicted octanol–water partition coefficient (Wildman–Crippen LogP) is 3.51. The van der Waals surface area contributed by atoms with Gasteiger partial charge in [-0.15, -0.1) is 0 Å². The molecule has 2 aromatic heterocycles. The number of hydrogen-bond donors (Lipinski definition) is 1. The number of ether oxygens (including phenoxy) is 2. The fraction of sp³-hybridized carbons (Fsp3) is 0.385. The number of carbonyl (C=O) groups is 4.